The van der Waals surface area contributed by atoms with E-state index in [1.165, 1.54) is 48.5 Å². The highest BCUT2D eigenvalue weighted by Gasteiger charge is 2.22. The van der Waals surface area contributed by atoms with Crippen molar-refractivity contribution >= 4 is 87.2 Å². The Kier molecular flexibility index (Phi) is 10.1. The number of fused-ring (bicyclic) bond motifs is 12. The van der Waals surface area contributed by atoms with E-state index >= 15 is 0 Å². The summed E-state index contributed by atoms with van der Waals surface area (Å²) in [6.45, 7) is 8.56. The van der Waals surface area contributed by atoms with Crippen molar-refractivity contribution in [1.82, 2.24) is 35.1 Å². The Bertz CT molecular complexity index is 3160. The molecule has 0 bridgehead atoms. The molecule has 2 aliphatic heterocycles. The van der Waals surface area contributed by atoms with E-state index in [-0.39, 0.29) is 29.3 Å². The Hall–Kier alpha value is -6.32. The Morgan fingerprint density at radius 3 is 1.30 bits per heavy atom. The average molecular weight is 855 g/mol. The summed E-state index contributed by atoms with van der Waals surface area (Å²) < 4.78 is 68.8. The van der Waals surface area contributed by atoms with Gasteiger partial charge in [0, 0.05) is 104 Å². The first kappa shape index (κ1) is 39.5. The van der Waals surface area contributed by atoms with Crippen molar-refractivity contribution in [1.29, 1.82) is 0 Å². The highest BCUT2D eigenvalue weighted by atomic mass is 19.1. The normalized spacial score (nSPS) is 16.7. The summed E-state index contributed by atoms with van der Waals surface area (Å²) in [5.74, 6) is 0.182. The molecule has 2 fully saturated rings. The third kappa shape index (κ3) is 7.36. The van der Waals surface area contributed by atoms with Crippen LogP contribution < -0.4 is 20.5 Å². The molecule has 10 aromatic rings. The van der Waals surface area contributed by atoms with Gasteiger partial charge in [0.05, 0.1) is 22.1 Å². The van der Waals surface area contributed by atoms with Crippen molar-refractivity contribution in [3.63, 3.8) is 0 Å². The lowest BCUT2D eigenvalue weighted by Crippen LogP contribution is -2.31. The zero-order chi connectivity index (χ0) is 42.8. The van der Waals surface area contributed by atoms with Crippen LogP contribution in [-0.2, 0) is 0 Å². The van der Waals surface area contributed by atoms with E-state index in [4.69, 9.17) is 15.2 Å². The van der Waals surface area contributed by atoms with Crippen LogP contribution in [0.3, 0.4) is 0 Å². The maximum absolute atomic E-state index is 14.0. The van der Waals surface area contributed by atoms with Gasteiger partial charge in [0.2, 0.25) is 0 Å². The van der Waals surface area contributed by atoms with Gasteiger partial charge in [-0.05, 0) is 117 Å². The number of aromatic amines is 4. The quantitative estimate of drug-likeness (QED) is 0.0847. The first-order valence-electron chi connectivity index (χ1n) is 21.6. The topological polar surface area (TPSA) is 126 Å². The molecular weight excluding hydrogens is 809 g/mol. The largest absolute Gasteiger partial charge is 0.488 e. The predicted octanol–water partition coefficient (Wildman–Crippen LogP) is 9.55. The van der Waals surface area contributed by atoms with Gasteiger partial charge in [-0.3, -0.25) is 9.80 Å². The van der Waals surface area contributed by atoms with Crippen molar-refractivity contribution in [2.24, 2.45) is 5.73 Å². The minimum atomic E-state index is -0.300. The number of hydrogen-bond donors (Lipinski definition) is 6. The molecule has 10 nitrogen and oxygen atoms in total. The number of likely N-dealkylation sites (tertiary alicyclic amines) is 1. The fraction of sp³-hybridized carbons (Fsp3) is 0.265. The number of nitrogens with two attached hydrogens (primary N) is 1. The average Bonchev–Trinajstić information content (AvgIpc) is 4.07. The van der Waals surface area contributed by atoms with Gasteiger partial charge < -0.3 is 40.5 Å². The zero-order valence-electron chi connectivity index (χ0n) is 34.4. The first-order chi connectivity index (χ1) is 30.7. The van der Waals surface area contributed by atoms with Gasteiger partial charge in [0.15, 0.2) is 11.5 Å². The fourth-order valence-corrected chi connectivity index (χ4v) is 9.63. The lowest BCUT2D eigenvalue weighted by Gasteiger charge is -2.19. The monoisotopic (exact) mass is 854 g/mol. The number of H-pyrrole nitrogens is 4. The van der Waals surface area contributed by atoms with Gasteiger partial charge in [-0.2, -0.15) is 0 Å². The second-order valence-electron chi connectivity index (χ2n) is 16.9. The molecule has 0 spiro atoms. The molecule has 0 unspecified atom stereocenters. The molecule has 1 atom stereocenters. The van der Waals surface area contributed by atoms with Crippen LogP contribution in [0.2, 0.25) is 0 Å². The molecule has 2 saturated heterocycles. The molecule has 2 aliphatic rings. The summed E-state index contributed by atoms with van der Waals surface area (Å²) >= 11 is 0. The number of halogens is 4. The fourth-order valence-electron chi connectivity index (χ4n) is 9.63. The van der Waals surface area contributed by atoms with E-state index in [9.17, 15) is 17.6 Å². The third-order valence-electron chi connectivity index (χ3n) is 12.7. The molecular formula is C49H46F4N8O2. The number of aromatic nitrogens is 4. The van der Waals surface area contributed by atoms with Crippen molar-refractivity contribution < 1.29 is 27.0 Å². The summed E-state index contributed by atoms with van der Waals surface area (Å²) in [7, 11) is 0. The molecule has 0 amide bonds. The maximum Gasteiger partial charge on any atom is 0.167 e. The minimum Gasteiger partial charge on any atom is -0.488 e. The highest BCUT2D eigenvalue weighted by Crippen LogP contribution is 2.43. The summed E-state index contributed by atoms with van der Waals surface area (Å²) in [4.78, 5) is 18.3. The van der Waals surface area contributed by atoms with E-state index in [1.54, 1.807) is 24.3 Å². The van der Waals surface area contributed by atoms with Crippen LogP contribution in [0.15, 0.2) is 84.9 Å². The molecule has 7 N–H and O–H groups in total. The zero-order valence-corrected chi connectivity index (χ0v) is 34.4. The molecule has 322 valence electrons. The SMILES string of the molecule is Fc1ccc2[nH]c3c(OCCN4CCCNCC4)c4[nH]c5ccc(F)cc5c4cc3c2c1.N[C@H]1CCN(CCOc2c3[nH]c4ccc(F)cc4c3cc3c2[nH]c2ccc(F)cc23)C1. The molecule has 6 aromatic carbocycles. The van der Waals surface area contributed by atoms with Gasteiger partial charge >= 0.3 is 0 Å². The third-order valence-corrected chi connectivity index (χ3v) is 12.7. The van der Waals surface area contributed by atoms with Gasteiger partial charge in [-0.25, -0.2) is 17.6 Å². The molecule has 12 rings (SSSR count). The smallest absolute Gasteiger partial charge is 0.167 e. The van der Waals surface area contributed by atoms with Crippen LogP contribution in [0.5, 0.6) is 11.5 Å². The number of hydrogen-bond acceptors (Lipinski definition) is 6. The molecule has 14 heteroatoms. The predicted molar refractivity (Wildman–Crippen MR) is 244 cm³/mol. The Morgan fingerprint density at radius 2 is 0.905 bits per heavy atom. The minimum absolute atomic E-state index is 0.224. The van der Waals surface area contributed by atoms with Crippen LogP contribution >= 0.6 is 0 Å². The van der Waals surface area contributed by atoms with Crippen LogP contribution in [0, 0.1) is 23.3 Å². The summed E-state index contributed by atoms with van der Waals surface area (Å²) in [6.07, 6.45) is 2.13. The summed E-state index contributed by atoms with van der Waals surface area (Å²) in [5.41, 5.74) is 12.6. The maximum atomic E-state index is 14.0. The lowest BCUT2D eigenvalue weighted by molar-refractivity contribution is 0.220. The van der Waals surface area contributed by atoms with Crippen molar-refractivity contribution in [2.75, 3.05) is 65.6 Å². The number of ether oxygens (including phenoxy) is 2. The van der Waals surface area contributed by atoms with Crippen molar-refractivity contribution in [2.45, 2.75) is 18.9 Å². The van der Waals surface area contributed by atoms with E-state index in [0.29, 0.717) is 24.7 Å². The molecule has 0 aliphatic carbocycles. The van der Waals surface area contributed by atoms with Crippen molar-refractivity contribution in [3.05, 3.63) is 108 Å². The molecule has 6 heterocycles. The molecule has 0 saturated carbocycles. The first-order valence-corrected chi connectivity index (χ1v) is 21.6. The summed E-state index contributed by atoms with van der Waals surface area (Å²) in [5, 5.41) is 9.98. The Labute approximate surface area is 358 Å². The number of nitrogens with one attached hydrogen (secondary N) is 5. The lowest BCUT2D eigenvalue weighted by atomic mass is 10.1. The second-order valence-corrected chi connectivity index (χ2v) is 16.9. The van der Waals surface area contributed by atoms with Crippen LogP contribution in [-0.4, -0.2) is 101 Å². The van der Waals surface area contributed by atoms with Gasteiger partial charge in [0.25, 0.3) is 0 Å². The number of rotatable bonds is 8. The Balaban J connectivity index is 0.000000141. The Morgan fingerprint density at radius 1 is 0.492 bits per heavy atom. The second kappa shape index (κ2) is 16.1. The van der Waals surface area contributed by atoms with Crippen molar-refractivity contribution in [3.8, 4) is 11.5 Å². The van der Waals surface area contributed by atoms with Gasteiger partial charge in [-0.1, -0.05) is 0 Å². The van der Waals surface area contributed by atoms with Gasteiger partial charge in [0.1, 0.15) is 36.5 Å². The van der Waals surface area contributed by atoms with E-state index < -0.39 is 0 Å². The van der Waals surface area contributed by atoms with E-state index in [2.05, 4.69) is 35.1 Å². The highest BCUT2D eigenvalue weighted by molar-refractivity contribution is 6.22. The number of nitrogens with zero attached hydrogens (tertiary/aromatic N) is 2. The van der Waals surface area contributed by atoms with Crippen LogP contribution in [0.4, 0.5) is 17.6 Å². The molecule has 0 radical (unpaired) electrons. The van der Waals surface area contributed by atoms with E-state index in [1.807, 2.05) is 12.1 Å². The van der Waals surface area contributed by atoms with Crippen LogP contribution in [0.25, 0.3) is 87.2 Å². The molecule has 4 aromatic heterocycles. The summed E-state index contributed by atoms with van der Waals surface area (Å²) in [6, 6.07) is 23.0. The van der Waals surface area contributed by atoms with E-state index in [0.717, 1.165) is 152 Å². The van der Waals surface area contributed by atoms with Crippen LogP contribution in [0.1, 0.15) is 12.8 Å². The number of benzene rings is 6. The standard InChI is InChI=1S/C25H24F2N4O.C24H22F2N4O/c26-15-2-4-21-17(12-15)19-14-20-18-13-16(27)3-5-22(18)30-24(20)25(23(19)29-21)32-11-10-31-8-1-6-28-7-9-31;25-13-1-3-20-16(9-13)18-11-19-17-10-14(26)2-4-21(17)29-23(19)24(22(18)28-20)31-8-7-30-6-5-15(27)12-30/h2-5,12-14,28-30H,1,6-11H2;1-4,9-11,15,28-29H,5-8,12,27H2/t;15-/m.0/s1. The molecule has 63 heavy (non-hydrogen) atoms. The van der Waals surface area contributed by atoms with Gasteiger partial charge in [-0.15, -0.1) is 0 Å².